The van der Waals surface area contributed by atoms with Crippen LogP contribution in [0.3, 0.4) is 0 Å². The van der Waals surface area contributed by atoms with Gasteiger partial charge < -0.3 is 10.0 Å². The molecular formula is C27H36N2O5S2. The fourth-order valence-electron chi connectivity index (χ4n) is 4.84. The van der Waals surface area contributed by atoms with Gasteiger partial charge in [0.15, 0.2) is 15.9 Å². The quantitative estimate of drug-likeness (QED) is 0.193. The molecule has 36 heavy (non-hydrogen) atoms. The van der Waals surface area contributed by atoms with Crippen molar-refractivity contribution in [1.29, 1.82) is 0 Å². The molecule has 3 rings (SSSR count). The van der Waals surface area contributed by atoms with Crippen LogP contribution in [-0.2, 0) is 20.8 Å². The second-order valence-electron chi connectivity index (χ2n) is 9.62. The number of carboxylic acid groups (broad SMARTS) is 1. The summed E-state index contributed by atoms with van der Waals surface area (Å²) in [6, 6.07) is 0. The highest BCUT2D eigenvalue weighted by Crippen LogP contribution is 2.35. The summed E-state index contributed by atoms with van der Waals surface area (Å²) in [6.07, 6.45) is 8.18. The number of aliphatic carboxylic acids is 1. The molecule has 1 unspecified atom stereocenters. The summed E-state index contributed by atoms with van der Waals surface area (Å²) in [5.74, 6) is -0.809. The molecule has 1 heterocycles. The van der Waals surface area contributed by atoms with Crippen molar-refractivity contribution in [2.75, 3.05) is 13.1 Å². The van der Waals surface area contributed by atoms with Crippen LogP contribution in [0.4, 0.5) is 4.79 Å². The molecule has 1 aromatic heterocycles. The second kappa shape index (κ2) is 13.3. The van der Waals surface area contributed by atoms with E-state index in [-0.39, 0.29) is 29.8 Å². The average Bonchev–Trinajstić information content (AvgIpc) is 3.29. The van der Waals surface area contributed by atoms with Gasteiger partial charge in [0.25, 0.3) is 5.24 Å². The highest BCUT2D eigenvalue weighted by atomic mass is 32.2. The zero-order chi connectivity index (χ0) is 26.2. The minimum Gasteiger partial charge on any atom is -0.481 e. The molecule has 0 bridgehead atoms. The highest BCUT2D eigenvalue weighted by molar-refractivity contribution is 8.14. The Morgan fingerprint density at radius 2 is 1.83 bits per heavy atom. The number of unbranched alkanes of at least 4 members (excludes halogenated alkanes) is 2. The maximum absolute atomic E-state index is 13.5. The van der Waals surface area contributed by atoms with Crippen molar-refractivity contribution in [3.05, 3.63) is 33.4 Å². The van der Waals surface area contributed by atoms with Crippen molar-refractivity contribution in [2.24, 2.45) is 5.92 Å². The molecule has 0 saturated heterocycles. The van der Waals surface area contributed by atoms with Gasteiger partial charge >= 0.3 is 5.97 Å². The summed E-state index contributed by atoms with van der Waals surface area (Å²) >= 11 is 2.21. The van der Waals surface area contributed by atoms with Crippen LogP contribution in [0.2, 0.25) is 0 Å². The number of hydrogen-bond donors (Lipinski definition) is 1. The normalized spacial score (nSPS) is 16.9. The molecule has 0 saturated carbocycles. The van der Waals surface area contributed by atoms with Crippen molar-refractivity contribution in [2.45, 2.75) is 89.3 Å². The first-order valence-electron chi connectivity index (χ1n) is 12.9. The number of amides is 1. The lowest BCUT2D eigenvalue weighted by atomic mass is 9.77. The van der Waals surface area contributed by atoms with Crippen LogP contribution >= 0.6 is 23.1 Å². The third-order valence-corrected chi connectivity index (χ3v) is 8.92. The van der Waals surface area contributed by atoms with Gasteiger partial charge in [-0.2, -0.15) is 0 Å². The molecule has 2 aliphatic rings. The Morgan fingerprint density at radius 3 is 2.47 bits per heavy atom. The number of thioether (sulfide) groups is 1. The van der Waals surface area contributed by atoms with Crippen molar-refractivity contribution >= 4 is 45.9 Å². The van der Waals surface area contributed by atoms with Gasteiger partial charge in [-0.1, -0.05) is 39.5 Å². The maximum atomic E-state index is 13.5. The van der Waals surface area contributed by atoms with E-state index in [4.69, 9.17) is 5.11 Å². The number of carbonyl (C=O) groups excluding carboxylic acids is 3. The van der Waals surface area contributed by atoms with Crippen LogP contribution in [0, 0.1) is 5.92 Å². The Kier molecular flexibility index (Phi) is 10.5. The van der Waals surface area contributed by atoms with Gasteiger partial charge in [-0.15, -0.1) is 11.3 Å². The van der Waals surface area contributed by atoms with Crippen molar-refractivity contribution in [1.82, 2.24) is 9.88 Å². The smallest absolute Gasteiger partial charge is 0.309 e. The summed E-state index contributed by atoms with van der Waals surface area (Å²) in [5.41, 5.74) is 2.62. The number of thiazole rings is 1. The fraction of sp³-hybridized carbons (Fsp3) is 0.593. The number of hydrogen-bond acceptors (Lipinski definition) is 7. The molecule has 2 aliphatic carbocycles. The molecule has 1 aromatic rings. The first kappa shape index (κ1) is 28.3. The van der Waals surface area contributed by atoms with Crippen molar-refractivity contribution in [3.63, 3.8) is 0 Å². The Hall–Kier alpha value is -2.26. The fourth-order valence-corrected chi connectivity index (χ4v) is 6.51. The van der Waals surface area contributed by atoms with E-state index in [1.807, 2.05) is 0 Å². The van der Waals surface area contributed by atoms with Crippen LogP contribution in [0.5, 0.6) is 0 Å². The minimum atomic E-state index is -0.970. The Morgan fingerprint density at radius 1 is 1.14 bits per heavy atom. The van der Waals surface area contributed by atoms with Crippen LogP contribution in [0.1, 0.15) is 84.3 Å². The standard InChI is InChI=1S/C27H36N2O5S2/c1-4-6-7-10-18(5-2)14-29(27(34)36-26-28-19(16-35-26)13-23(30)31)15-22-17(3)24(32)20-11-8-9-12-21(20)25(22)33/h16,18H,4-15H2,1-3H3,(H,30,31). The van der Waals surface area contributed by atoms with Crippen molar-refractivity contribution < 1.29 is 24.3 Å². The number of carbonyl (C=O) groups is 4. The zero-order valence-corrected chi connectivity index (χ0v) is 23.1. The van der Waals surface area contributed by atoms with E-state index in [0.29, 0.717) is 57.6 Å². The molecule has 0 fully saturated rings. The van der Waals surface area contributed by atoms with Crippen molar-refractivity contribution in [3.8, 4) is 0 Å². The van der Waals surface area contributed by atoms with E-state index in [1.165, 1.54) is 11.3 Å². The second-order valence-corrected chi connectivity index (χ2v) is 11.7. The van der Waals surface area contributed by atoms with Crippen LogP contribution < -0.4 is 0 Å². The van der Waals surface area contributed by atoms with Gasteiger partial charge in [0.2, 0.25) is 0 Å². The molecule has 0 aromatic carbocycles. The zero-order valence-electron chi connectivity index (χ0n) is 21.4. The predicted octanol–water partition coefficient (Wildman–Crippen LogP) is 6.23. The highest BCUT2D eigenvalue weighted by Gasteiger charge is 2.35. The molecule has 9 heteroatoms. The van der Waals surface area contributed by atoms with Crippen LogP contribution in [0.25, 0.3) is 0 Å². The summed E-state index contributed by atoms with van der Waals surface area (Å²) < 4.78 is 0.481. The largest absolute Gasteiger partial charge is 0.481 e. The molecule has 1 atom stereocenters. The summed E-state index contributed by atoms with van der Waals surface area (Å²) in [7, 11) is 0. The number of carboxylic acids is 1. The maximum Gasteiger partial charge on any atom is 0.309 e. The SMILES string of the molecule is CCCCCC(CC)CN(CC1=C(C)C(=O)C2=C(CCCC2)C1=O)C(=O)Sc1nc(CC(=O)O)cs1. The Balaban J connectivity index is 1.82. The molecule has 1 amide bonds. The average molecular weight is 533 g/mol. The van der Waals surface area contributed by atoms with Gasteiger partial charge in [0, 0.05) is 46.0 Å². The lowest BCUT2D eigenvalue weighted by Crippen LogP contribution is -2.38. The number of ketones is 2. The molecular weight excluding hydrogens is 496 g/mol. The number of nitrogens with zero attached hydrogens (tertiary/aromatic N) is 2. The van der Waals surface area contributed by atoms with E-state index in [0.717, 1.165) is 56.7 Å². The topological polar surface area (TPSA) is 105 Å². The molecule has 196 valence electrons. The van der Waals surface area contributed by atoms with E-state index in [9.17, 15) is 19.2 Å². The van der Waals surface area contributed by atoms with Crippen LogP contribution in [0.15, 0.2) is 32.0 Å². The Bertz CT molecular complexity index is 1070. The molecule has 7 nitrogen and oxygen atoms in total. The van der Waals surface area contributed by atoms with E-state index < -0.39 is 5.97 Å². The summed E-state index contributed by atoms with van der Waals surface area (Å²) in [4.78, 5) is 57.0. The summed E-state index contributed by atoms with van der Waals surface area (Å²) in [6.45, 7) is 6.60. The van der Waals surface area contributed by atoms with E-state index in [2.05, 4.69) is 18.8 Å². The summed E-state index contributed by atoms with van der Waals surface area (Å²) in [5, 5.41) is 10.4. The molecule has 0 radical (unpaired) electrons. The van der Waals surface area contributed by atoms with Gasteiger partial charge in [-0.05, 0) is 44.9 Å². The lowest BCUT2D eigenvalue weighted by molar-refractivity contribution is -0.136. The number of Topliss-reactive ketones (excluding diaryl/α,β-unsaturated/α-hetero) is 2. The number of aromatic nitrogens is 1. The molecule has 1 N–H and O–H groups in total. The third-order valence-electron chi connectivity index (χ3n) is 7.00. The van der Waals surface area contributed by atoms with Gasteiger partial charge in [0.05, 0.1) is 18.7 Å². The van der Waals surface area contributed by atoms with Crippen LogP contribution in [-0.4, -0.2) is 50.9 Å². The molecule has 0 spiro atoms. The monoisotopic (exact) mass is 532 g/mol. The number of allylic oxidation sites excluding steroid dienone is 3. The minimum absolute atomic E-state index is 0.0485. The predicted molar refractivity (Wildman–Crippen MR) is 142 cm³/mol. The van der Waals surface area contributed by atoms with Gasteiger partial charge in [-0.3, -0.25) is 19.2 Å². The first-order valence-corrected chi connectivity index (χ1v) is 14.6. The lowest BCUT2D eigenvalue weighted by Gasteiger charge is -2.31. The van der Waals surface area contributed by atoms with E-state index in [1.54, 1.807) is 17.2 Å². The first-order chi connectivity index (χ1) is 17.2. The van der Waals surface area contributed by atoms with E-state index >= 15 is 0 Å². The van der Waals surface area contributed by atoms with Gasteiger partial charge in [0.1, 0.15) is 0 Å². The third kappa shape index (κ3) is 7.16. The number of rotatable bonds is 12. The Labute approximate surface area is 221 Å². The van der Waals surface area contributed by atoms with Gasteiger partial charge in [-0.25, -0.2) is 4.98 Å². The molecule has 0 aliphatic heterocycles.